The number of nitrogens with zero attached hydrogens (tertiary/aromatic N) is 6. The molecule has 1 aromatic carbocycles. The van der Waals surface area contributed by atoms with Gasteiger partial charge in [-0.2, -0.15) is 4.98 Å². The van der Waals surface area contributed by atoms with E-state index in [1.165, 1.54) is 37.7 Å². The molecule has 0 atom stereocenters. The topological polar surface area (TPSA) is 72.9 Å². The highest BCUT2D eigenvalue weighted by atomic mass is 32.2. The molecular weight excluding hydrogens is 396 g/mol. The quantitative estimate of drug-likeness (QED) is 0.490. The minimum Gasteiger partial charge on any atom is -0.341 e. The van der Waals surface area contributed by atoms with E-state index in [4.69, 9.17) is 4.52 Å². The van der Waals surface area contributed by atoms with Gasteiger partial charge in [-0.25, -0.2) is 0 Å². The largest absolute Gasteiger partial charge is 0.341 e. The third-order valence-electron chi connectivity index (χ3n) is 5.83. The first-order chi connectivity index (χ1) is 14.7. The van der Waals surface area contributed by atoms with Crippen molar-refractivity contribution in [1.29, 1.82) is 0 Å². The summed E-state index contributed by atoms with van der Waals surface area (Å²) in [6.07, 6.45) is 6.22. The molecule has 1 aliphatic heterocycles. The first-order valence-corrected chi connectivity index (χ1v) is 11.9. The Labute approximate surface area is 181 Å². The number of hydrogen-bond donors (Lipinski definition) is 0. The van der Waals surface area contributed by atoms with Crippen molar-refractivity contribution in [3.05, 3.63) is 35.7 Å². The van der Waals surface area contributed by atoms with Gasteiger partial charge >= 0.3 is 0 Å². The van der Waals surface area contributed by atoms with Gasteiger partial charge in [0, 0.05) is 24.7 Å². The zero-order valence-corrected chi connectivity index (χ0v) is 18.4. The third-order valence-corrected chi connectivity index (χ3v) is 6.75. The lowest BCUT2D eigenvalue weighted by Crippen LogP contribution is -2.31. The van der Waals surface area contributed by atoms with Gasteiger partial charge in [0.05, 0.1) is 5.75 Å². The van der Waals surface area contributed by atoms with Crippen molar-refractivity contribution in [1.82, 2.24) is 24.9 Å². The van der Waals surface area contributed by atoms with Gasteiger partial charge in [-0.05, 0) is 43.6 Å². The van der Waals surface area contributed by atoms with Gasteiger partial charge in [0.2, 0.25) is 17.7 Å². The second-order valence-electron chi connectivity index (χ2n) is 8.51. The summed E-state index contributed by atoms with van der Waals surface area (Å²) < 4.78 is 7.84. The van der Waals surface area contributed by atoms with Crippen LogP contribution in [0.5, 0.6) is 0 Å². The minimum atomic E-state index is 0.509. The Morgan fingerprint density at radius 1 is 1.07 bits per heavy atom. The summed E-state index contributed by atoms with van der Waals surface area (Å²) in [4.78, 5) is 6.98. The summed E-state index contributed by atoms with van der Waals surface area (Å²) in [6, 6.07) is 8.92. The van der Waals surface area contributed by atoms with Crippen molar-refractivity contribution < 1.29 is 4.52 Å². The van der Waals surface area contributed by atoms with E-state index in [2.05, 4.69) is 67.9 Å². The van der Waals surface area contributed by atoms with Gasteiger partial charge in [0.1, 0.15) is 0 Å². The number of rotatable bonds is 7. The maximum absolute atomic E-state index is 5.51. The molecule has 2 aliphatic rings. The molecule has 7 nitrogen and oxygen atoms in total. The molecule has 5 rings (SSSR count). The zero-order valence-electron chi connectivity index (χ0n) is 17.6. The molecule has 8 heteroatoms. The molecule has 0 N–H and O–H groups in total. The molecule has 1 aliphatic carbocycles. The highest BCUT2D eigenvalue weighted by molar-refractivity contribution is 7.98. The second-order valence-corrected chi connectivity index (χ2v) is 9.45. The Bertz CT molecular complexity index is 985. The second kappa shape index (κ2) is 8.41. The Morgan fingerprint density at radius 3 is 2.53 bits per heavy atom. The first kappa shape index (κ1) is 19.6. The van der Waals surface area contributed by atoms with Gasteiger partial charge in [-0.15, -0.1) is 10.2 Å². The predicted molar refractivity (Wildman–Crippen MR) is 118 cm³/mol. The number of piperidine rings is 1. The maximum Gasteiger partial charge on any atom is 0.237 e. The van der Waals surface area contributed by atoms with Crippen molar-refractivity contribution in [3.8, 4) is 11.4 Å². The highest BCUT2D eigenvalue weighted by Crippen LogP contribution is 2.41. The molecule has 1 saturated heterocycles. The fraction of sp³-hybridized carbons (Fsp3) is 0.545. The predicted octanol–water partition coefficient (Wildman–Crippen LogP) is 5.07. The summed E-state index contributed by atoms with van der Waals surface area (Å²) in [6.45, 7) is 6.54. The molecule has 3 heterocycles. The van der Waals surface area contributed by atoms with Gasteiger partial charge in [0.15, 0.2) is 5.16 Å². The molecule has 0 unspecified atom stereocenters. The average Bonchev–Trinajstić information content (AvgIpc) is 3.34. The lowest BCUT2D eigenvalue weighted by atomic mass is 10.0. The fourth-order valence-electron chi connectivity index (χ4n) is 3.90. The smallest absolute Gasteiger partial charge is 0.237 e. The summed E-state index contributed by atoms with van der Waals surface area (Å²) in [5.41, 5.74) is 2.29. The number of aromatic nitrogens is 5. The number of benzene rings is 1. The summed E-state index contributed by atoms with van der Waals surface area (Å²) in [5.74, 6) is 3.40. The van der Waals surface area contributed by atoms with Crippen LogP contribution >= 0.6 is 11.8 Å². The normalized spacial score (nSPS) is 17.1. The van der Waals surface area contributed by atoms with E-state index in [0.29, 0.717) is 29.4 Å². The van der Waals surface area contributed by atoms with Crippen molar-refractivity contribution in [2.45, 2.75) is 68.8 Å². The third kappa shape index (κ3) is 4.10. The van der Waals surface area contributed by atoms with E-state index < -0.39 is 0 Å². The Hall–Kier alpha value is -2.35. The summed E-state index contributed by atoms with van der Waals surface area (Å²) in [7, 11) is 0. The van der Waals surface area contributed by atoms with Crippen LogP contribution in [0.25, 0.3) is 11.4 Å². The van der Waals surface area contributed by atoms with Gasteiger partial charge in [0.25, 0.3) is 0 Å². The monoisotopic (exact) mass is 424 g/mol. The molecule has 0 spiro atoms. The van der Waals surface area contributed by atoms with Crippen LogP contribution in [-0.2, 0) is 5.75 Å². The molecule has 2 aromatic heterocycles. The lowest BCUT2D eigenvalue weighted by molar-refractivity contribution is 0.391. The standard InChI is InChI=1S/C22H28N6OS/c1-15(2)16-6-8-17(9-7-16)20-23-19(29-26-20)14-30-22-25-24-21(28(22)18-10-11-18)27-12-4-3-5-13-27/h6-9,15,18H,3-5,10-14H2,1-2H3. The molecule has 1 saturated carbocycles. The van der Waals surface area contributed by atoms with Crippen LogP contribution < -0.4 is 4.90 Å². The van der Waals surface area contributed by atoms with Crippen LogP contribution in [0.3, 0.4) is 0 Å². The Balaban J connectivity index is 1.28. The van der Waals surface area contributed by atoms with Crippen molar-refractivity contribution in [3.63, 3.8) is 0 Å². The van der Waals surface area contributed by atoms with E-state index in [1.54, 1.807) is 11.8 Å². The summed E-state index contributed by atoms with van der Waals surface area (Å²) in [5, 5.41) is 14.2. The van der Waals surface area contributed by atoms with E-state index in [0.717, 1.165) is 29.8 Å². The van der Waals surface area contributed by atoms with Crippen LogP contribution in [0.2, 0.25) is 0 Å². The van der Waals surface area contributed by atoms with E-state index in [1.807, 2.05) is 0 Å². The zero-order chi connectivity index (χ0) is 20.5. The van der Waals surface area contributed by atoms with E-state index >= 15 is 0 Å². The first-order valence-electron chi connectivity index (χ1n) is 10.9. The van der Waals surface area contributed by atoms with Gasteiger partial charge < -0.3 is 9.42 Å². The number of hydrogen-bond acceptors (Lipinski definition) is 7. The average molecular weight is 425 g/mol. The van der Waals surface area contributed by atoms with Crippen LogP contribution in [0.15, 0.2) is 33.9 Å². The van der Waals surface area contributed by atoms with E-state index in [-0.39, 0.29) is 0 Å². The molecule has 0 bridgehead atoms. The molecule has 2 fully saturated rings. The Morgan fingerprint density at radius 2 is 1.83 bits per heavy atom. The molecule has 0 amide bonds. The summed E-state index contributed by atoms with van der Waals surface area (Å²) >= 11 is 1.63. The van der Waals surface area contributed by atoms with Crippen LogP contribution in [0.1, 0.15) is 69.4 Å². The SMILES string of the molecule is CC(C)c1ccc(-c2noc(CSc3nnc(N4CCCCC4)n3C3CC3)n2)cc1. The van der Waals surface area contributed by atoms with Gasteiger partial charge in [-0.1, -0.05) is 55.0 Å². The lowest BCUT2D eigenvalue weighted by Gasteiger charge is -2.27. The molecule has 30 heavy (non-hydrogen) atoms. The Kier molecular flexibility index (Phi) is 5.50. The van der Waals surface area contributed by atoms with Crippen LogP contribution in [0, 0.1) is 0 Å². The van der Waals surface area contributed by atoms with E-state index in [9.17, 15) is 0 Å². The minimum absolute atomic E-state index is 0.509. The highest BCUT2D eigenvalue weighted by Gasteiger charge is 2.32. The van der Waals surface area contributed by atoms with Crippen LogP contribution in [-0.4, -0.2) is 38.0 Å². The fourth-order valence-corrected chi connectivity index (χ4v) is 4.74. The molecule has 3 aromatic rings. The molecule has 0 radical (unpaired) electrons. The van der Waals surface area contributed by atoms with Crippen LogP contribution in [0.4, 0.5) is 5.95 Å². The van der Waals surface area contributed by atoms with Crippen molar-refractivity contribution in [2.24, 2.45) is 0 Å². The number of thioether (sulfide) groups is 1. The number of anilines is 1. The molecular formula is C22H28N6OS. The van der Waals surface area contributed by atoms with Gasteiger partial charge in [-0.3, -0.25) is 4.57 Å². The molecule has 158 valence electrons. The van der Waals surface area contributed by atoms with Crippen molar-refractivity contribution in [2.75, 3.05) is 18.0 Å². The van der Waals surface area contributed by atoms with Crippen molar-refractivity contribution >= 4 is 17.7 Å². The maximum atomic E-state index is 5.51.